The highest BCUT2D eigenvalue weighted by atomic mass is 32.2. The Morgan fingerprint density at radius 3 is 3.00 bits per heavy atom. The molecule has 3 heterocycles. The monoisotopic (exact) mass is 267 g/mol. The maximum Gasteiger partial charge on any atom is 0.198 e. The van der Waals surface area contributed by atoms with Gasteiger partial charge in [-0.1, -0.05) is 0 Å². The highest BCUT2D eigenvalue weighted by Gasteiger charge is 2.35. The maximum atomic E-state index is 11.9. The lowest BCUT2D eigenvalue weighted by Crippen LogP contribution is -2.09. The molecule has 0 radical (unpaired) electrons. The van der Waals surface area contributed by atoms with E-state index in [2.05, 4.69) is 10.1 Å². The Balaban J connectivity index is 2.14. The fourth-order valence-corrected chi connectivity index (χ4v) is 4.08. The van der Waals surface area contributed by atoms with Crippen LogP contribution in [0.4, 0.5) is 0 Å². The van der Waals surface area contributed by atoms with Gasteiger partial charge in [0.15, 0.2) is 27.1 Å². The summed E-state index contributed by atoms with van der Waals surface area (Å²) in [4.78, 5) is 4.31. The molecule has 2 aromatic rings. The van der Waals surface area contributed by atoms with Crippen LogP contribution in [0.1, 0.15) is 23.9 Å². The molecular weight excluding hydrogens is 254 g/mol. The molecule has 0 N–H and O–H groups in total. The molecule has 1 aliphatic rings. The minimum atomic E-state index is -3.09. The van der Waals surface area contributed by atoms with E-state index in [0.717, 1.165) is 0 Å². The number of hydrogen-bond acceptors (Lipinski definition) is 5. The van der Waals surface area contributed by atoms with Gasteiger partial charge in [-0.05, 0) is 25.0 Å². The smallest absolute Gasteiger partial charge is 0.198 e. The zero-order valence-electron chi connectivity index (χ0n) is 9.91. The normalized spacial score (nSPS) is 22.4. The second-order valence-corrected chi connectivity index (χ2v) is 6.62. The summed E-state index contributed by atoms with van der Waals surface area (Å²) in [6.07, 6.45) is 3.01. The molecule has 7 heteroatoms. The van der Waals surface area contributed by atoms with E-state index in [1.807, 2.05) is 0 Å². The molecule has 3 rings (SSSR count). The number of methoxy groups -OCH3 is 1. The van der Waals surface area contributed by atoms with E-state index in [1.165, 1.54) is 0 Å². The molecule has 1 unspecified atom stereocenters. The third-order valence-corrected chi connectivity index (χ3v) is 5.35. The summed E-state index contributed by atoms with van der Waals surface area (Å²) in [5.41, 5.74) is 0.553. The molecule has 0 bridgehead atoms. The maximum absolute atomic E-state index is 11.9. The number of ether oxygens (including phenoxy) is 1. The quantitative estimate of drug-likeness (QED) is 0.811. The highest BCUT2D eigenvalue weighted by molar-refractivity contribution is 7.91. The van der Waals surface area contributed by atoms with Crippen molar-refractivity contribution >= 4 is 15.5 Å². The zero-order valence-corrected chi connectivity index (χ0v) is 10.7. The summed E-state index contributed by atoms with van der Waals surface area (Å²) in [7, 11) is -1.53. The van der Waals surface area contributed by atoms with Crippen molar-refractivity contribution in [3.05, 3.63) is 24.2 Å². The summed E-state index contributed by atoms with van der Waals surface area (Å²) in [5.74, 6) is 1.19. The second kappa shape index (κ2) is 3.94. The molecule has 96 valence electrons. The van der Waals surface area contributed by atoms with Gasteiger partial charge in [0.2, 0.25) is 0 Å². The van der Waals surface area contributed by atoms with Crippen molar-refractivity contribution in [2.75, 3.05) is 12.9 Å². The van der Waals surface area contributed by atoms with Crippen molar-refractivity contribution in [2.24, 2.45) is 0 Å². The van der Waals surface area contributed by atoms with Gasteiger partial charge in [0.05, 0.1) is 12.9 Å². The van der Waals surface area contributed by atoms with Crippen molar-refractivity contribution in [1.82, 2.24) is 14.6 Å². The summed E-state index contributed by atoms with van der Waals surface area (Å²) >= 11 is 0. The van der Waals surface area contributed by atoms with Gasteiger partial charge in [0, 0.05) is 6.20 Å². The van der Waals surface area contributed by atoms with Gasteiger partial charge in [-0.3, -0.25) is 0 Å². The number of sulfone groups is 1. The SMILES string of the molecule is COc1cccn2nc(C3CCCS3(=O)=O)nc12. The predicted molar refractivity (Wildman–Crippen MR) is 65.3 cm³/mol. The number of rotatable bonds is 2. The molecule has 1 aliphatic heterocycles. The second-order valence-electron chi connectivity index (χ2n) is 4.31. The van der Waals surface area contributed by atoms with Gasteiger partial charge >= 0.3 is 0 Å². The van der Waals surface area contributed by atoms with Crippen LogP contribution in [0.25, 0.3) is 5.65 Å². The molecule has 18 heavy (non-hydrogen) atoms. The molecule has 1 atom stereocenters. The minimum Gasteiger partial charge on any atom is -0.493 e. The van der Waals surface area contributed by atoms with Crippen molar-refractivity contribution in [3.63, 3.8) is 0 Å². The lowest BCUT2D eigenvalue weighted by molar-refractivity contribution is 0.416. The molecule has 6 nitrogen and oxygen atoms in total. The Morgan fingerprint density at radius 1 is 1.50 bits per heavy atom. The van der Waals surface area contributed by atoms with Crippen LogP contribution in [-0.2, 0) is 9.84 Å². The van der Waals surface area contributed by atoms with Crippen molar-refractivity contribution in [1.29, 1.82) is 0 Å². The van der Waals surface area contributed by atoms with Crippen LogP contribution in [0, 0.1) is 0 Å². The van der Waals surface area contributed by atoms with Gasteiger partial charge in [-0.15, -0.1) is 5.10 Å². The molecule has 0 amide bonds. The number of hydrogen-bond donors (Lipinski definition) is 0. The topological polar surface area (TPSA) is 73.6 Å². The third kappa shape index (κ3) is 1.66. The predicted octanol–water partition coefficient (Wildman–Crippen LogP) is 0.988. The van der Waals surface area contributed by atoms with Crippen LogP contribution >= 0.6 is 0 Å². The van der Waals surface area contributed by atoms with E-state index in [9.17, 15) is 8.42 Å². The Labute approximate surface area is 105 Å². The summed E-state index contributed by atoms with van der Waals surface area (Å²) in [6.45, 7) is 0. The molecule has 0 aromatic carbocycles. The van der Waals surface area contributed by atoms with Crippen molar-refractivity contribution < 1.29 is 13.2 Å². The lowest BCUT2D eigenvalue weighted by Gasteiger charge is -2.02. The number of aromatic nitrogens is 3. The zero-order chi connectivity index (χ0) is 12.8. The van der Waals surface area contributed by atoms with Crippen LogP contribution in [0.5, 0.6) is 5.75 Å². The largest absolute Gasteiger partial charge is 0.493 e. The van der Waals surface area contributed by atoms with Crippen LogP contribution in [0.15, 0.2) is 18.3 Å². The Bertz CT molecular complexity index is 693. The number of pyridine rings is 1. The number of nitrogens with zero attached hydrogens (tertiary/aromatic N) is 3. The first kappa shape index (κ1) is 11.5. The Kier molecular flexibility index (Phi) is 2.51. The molecule has 0 saturated carbocycles. The standard InChI is InChI=1S/C11H13N3O3S/c1-17-8-4-2-6-14-11(8)12-10(13-14)9-5-3-7-18(9,15)16/h2,4,6,9H,3,5,7H2,1H3. The van der Waals surface area contributed by atoms with E-state index in [0.29, 0.717) is 30.1 Å². The molecule has 0 aliphatic carbocycles. The van der Waals surface area contributed by atoms with E-state index >= 15 is 0 Å². The highest BCUT2D eigenvalue weighted by Crippen LogP contribution is 2.33. The van der Waals surface area contributed by atoms with Gasteiger partial charge in [-0.2, -0.15) is 0 Å². The van der Waals surface area contributed by atoms with Crippen LogP contribution in [0.2, 0.25) is 0 Å². The lowest BCUT2D eigenvalue weighted by atomic mass is 10.2. The van der Waals surface area contributed by atoms with Crippen LogP contribution in [-0.4, -0.2) is 35.9 Å². The van der Waals surface area contributed by atoms with Gasteiger partial charge in [0.1, 0.15) is 5.25 Å². The average molecular weight is 267 g/mol. The van der Waals surface area contributed by atoms with Crippen LogP contribution < -0.4 is 4.74 Å². The first-order chi connectivity index (χ1) is 8.62. The third-order valence-electron chi connectivity index (χ3n) is 3.18. The van der Waals surface area contributed by atoms with Crippen LogP contribution in [0.3, 0.4) is 0 Å². The van der Waals surface area contributed by atoms with Gasteiger partial charge in [0.25, 0.3) is 0 Å². The fraction of sp³-hybridized carbons (Fsp3) is 0.455. The summed E-state index contributed by atoms with van der Waals surface area (Å²) in [6, 6.07) is 3.56. The van der Waals surface area contributed by atoms with Gasteiger partial charge < -0.3 is 4.74 Å². The molecule has 1 saturated heterocycles. The van der Waals surface area contributed by atoms with E-state index < -0.39 is 15.1 Å². The first-order valence-electron chi connectivity index (χ1n) is 5.72. The Morgan fingerprint density at radius 2 is 2.33 bits per heavy atom. The van der Waals surface area contributed by atoms with E-state index in [4.69, 9.17) is 4.74 Å². The van der Waals surface area contributed by atoms with E-state index in [-0.39, 0.29) is 5.75 Å². The Hall–Kier alpha value is -1.63. The average Bonchev–Trinajstić information content (AvgIpc) is 2.90. The van der Waals surface area contributed by atoms with Crippen molar-refractivity contribution in [3.8, 4) is 5.75 Å². The fourth-order valence-electron chi connectivity index (χ4n) is 2.28. The molecule has 2 aromatic heterocycles. The first-order valence-corrected chi connectivity index (χ1v) is 7.44. The molecule has 1 fully saturated rings. The van der Waals surface area contributed by atoms with Gasteiger partial charge in [-0.25, -0.2) is 17.9 Å². The van der Waals surface area contributed by atoms with Crippen molar-refractivity contribution in [2.45, 2.75) is 18.1 Å². The minimum absolute atomic E-state index is 0.227. The molecular formula is C11H13N3O3S. The summed E-state index contributed by atoms with van der Waals surface area (Å²) in [5, 5.41) is 3.68. The summed E-state index contributed by atoms with van der Waals surface area (Å²) < 4.78 is 30.5. The molecule has 0 spiro atoms. The van der Waals surface area contributed by atoms with E-state index in [1.54, 1.807) is 30.0 Å². The number of fused-ring (bicyclic) bond motifs is 1.